The fourth-order valence-electron chi connectivity index (χ4n) is 3.30. The molecule has 0 heterocycles. The van der Waals surface area contributed by atoms with Crippen molar-refractivity contribution in [3.05, 3.63) is 29.6 Å². The predicted molar refractivity (Wildman–Crippen MR) is 96.6 cm³/mol. The molecule has 28 heavy (non-hydrogen) atoms. The van der Waals surface area contributed by atoms with E-state index in [1.54, 1.807) is 4.90 Å². The topological polar surface area (TPSA) is 85.2 Å². The average molecular weight is 396 g/mol. The van der Waals surface area contributed by atoms with Gasteiger partial charge in [-0.15, -0.1) is 0 Å². The van der Waals surface area contributed by atoms with E-state index >= 15 is 0 Å². The molecule has 1 saturated carbocycles. The summed E-state index contributed by atoms with van der Waals surface area (Å²) in [5.41, 5.74) is -1.33. The largest absolute Gasteiger partial charge is 0.337 e. The van der Waals surface area contributed by atoms with Crippen molar-refractivity contribution in [2.24, 2.45) is 0 Å². The van der Waals surface area contributed by atoms with Gasteiger partial charge in [-0.25, -0.2) is 13.2 Å². The maximum atomic E-state index is 13.7. The van der Waals surface area contributed by atoms with Crippen molar-refractivity contribution in [3.63, 3.8) is 0 Å². The highest BCUT2D eigenvalue weighted by molar-refractivity contribution is 5.92. The second-order valence-electron chi connectivity index (χ2n) is 6.93. The minimum Gasteiger partial charge on any atom is -0.337 e. The number of hydrogen-bond acceptors (Lipinski definition) is 4. The maximum Gasteiger partial charge on any atom is 0.238 e. The van der Waals surface area contributed by atoms with Crippen LogP contribution >= 0.6 is 0 Å². The summed E-state index contributed by atoms with van der Waals surface area (Å²) < 4.78 is 39.9. The fourth-order valence-corrected chi connectivity index (χ4v) is 3.30. The molecule has 1 aromatic carbocycles. The van der Waals surface area contributed by atoms with Gasteiger partial charge in [0, 0.05) is 0 Å². The number of carbonyl (C=O) groups is 2. The average Bonchev–Trinajstić information content (AvgIpc) is 3.11. The molecule has 6 nitrogen and oxygen atoms in total. The number of nitriles is 1. The Kier molecular flexibility index (Phi) is 7.40. The van der Waals surface area contributed by atoms with Crippen molar-refractivity contribution < 1.29 is 22.8 Å². The summed E-state index contributed by atoms with van der Waals surface area (Å²) >= 11 is 0. The van der Waals surface area contributed by atoms with Crippen molar-refractivity contribution in [3.8, 4) is 6.07 Å². The summed E-state index contributed by atoms with van der Waals surface area (Å²) in [6, 6.07) is 3.81. The van der Waals surface area contributed by atoms with Gasteiger partial charge in [0.25, 0.3) is 0 Å². The van der Waals surface area contributed by atoms with Gasteiger partial charge in [0.1, 0.15) is 5.54 Å². The quantitative estimate of drug-likeness (QED) is 0.662. The molecule has 0 radical (unpaired) electrons. The Morgan fingerprint density at radius 2 is 1.79 bits per heavy atom. The van der Waals surface area contributed by atoms with Crippen LogP contribution in [0.5, 0.6) is 0 Å². The SMILES string of the molecule is CCCN(CC(=O)Nc1ccc(F)c(F)c1F)CC(=O)NC1(C#N)CCCC1. The first-order chi connectivity index (χ1) is 13.3. The second kappa shape index (κ2) is 9.55. The zero-order valence-corrected chi connectivity index (χ0v) is 15.7. The molecule has 0 saturated heterocycles. The number of anilines is 1. The van der Waals surface area contributed by atoms with E-state index < -0.39 is 34.6 Å². The third-order valence-electron chi connectivity index (χ3n) is 4.63. The number of rotatable bonds is 8. The van der Waals surface area contributed by atoms with Crippen molar-refractivity contribution in [2.75, 3.05) is 25.0 Å². The Balaban J connectivity index is 1.96. The van der Waals surface area contributed by atoms with E-state index in [0.717, 1.165) is 18.9 Å². The molecular formula is C19H23F3N4O2. The highest BCUT2D eigenvalue weighted by Gasteiger charge is 2.35. The lowest BCUT2D eigenvalue weighted by molar-refractivity contribution is -0.124. The van der Waals surface area contributed by atoms with Crippen LogP contribution in [0.25, 0.3) is 0 Å². The molecule has 1 aliphatic carbocycles. The third-order valence-corrected chi connectivity index (χ3v) is 4.63. The molecule has 0 unspecified atom stereocenters. The summed E-state index contributed by atoms with van der Waals surface area (Å²) in [4.78, 5) is 26.1. The van der Waals surface area contributed by atoms with E-state index in [-0.39, 0.29) is 19.0 Å². The molecule has 0 bridgehead atoms. The Morgan fingerprint density at radius 3 is 2.39 bits per heavy atom. The monoisotopic (exact) mass is 396 g/mol. The molecule has 1 fully saturated rings. The van der Waals surface area contributed by atoms with Crippen molar-refractivity contribution in [2.45, 2.75) is 44.6 Å². The van der Waals surface area contributed by atoms with Gasteiger partial charge >= 0.3 is 0 Å². The molecule has 152 valence electrons. The summed E-state index contributed by atoms with van der Waals surface area (Å²) in [6.45, 7) is 1.94. The van der Waals surface area contributed by atoms with E-state index in [9.17, 15) is 28.0 Å². The van der Waals surface area contributed by atoms with E-state index in [1.807, 2.05) is 6.92 Å². The number of hydrogen-bond donors (Lipinski definition) is 2. The first kappa shape index (κ1) is 21.7. The molecule has 2 N–H and O–H groups in total. The van der Waals surface area contributed by atoms with E-state index in [0.29, 0.717) is 31.9 Å². The van der Waals surface area contributed by atoms with Gasteiger partial charge in [0.2, 0.25) is 11.8 Å². The van der Waals surface area contributed by atoms with Gasteiger partial charge in [-0.3, -0.25) is 14.5 Å². The van der Waals surface area contributed by atoms with Crippen LogP contribution < -0.4 is 10.6 Å². The molecular weight excluding hydrogens is 373 g/mol. The zero-order valence-electron chi connectivity index (χ0n) is 15.7. The van der Waals surface area contributed by atoms with Crippen LogP contribution in [0, 0.1) is 28.8 Å². The lowest BCUT2D eigenvalue weighted by Gasteiger charge is -2.25. The van der Waals surface area contributed by atoms with Gasteiger partial charge in [-0.05, 0) is 50.8 Å². The normalized spacial score (nSPS) is 15.3. The molecule has 0 spiro atoms. The van der Waals surface area contributed by atoms with Gasteiger partial charge in [0.05, 0.1) is 24.8 Å². The van der Waals surface area contributed by atoms with Crippen LogP contribution in [0.2, 0.25) is 0 Å². The first-order valence-electron chi connectivity index (χ1n) is 9.18. The highest BCUT2D eigenvalue weighted by Crippen LogP contribution is 2.28. The third kappa shape index (κ3) is 5.45. The summed E-state index contributed by atoms with van der Waals surface area (Å²) in [5.74, 6) is -5.53. The summed E-state index contributed by atoms with van der Waals surface area (Å²) in [5, 5.41) is 14.3. The van der Waals surface area contributed by atoms with E-state index in [1.165, 1.54) is 0 Å². The second-order valence-corrected chi connectivity index (χ2v) is 6.93. The van der Waals surface area contributed by atoms with Gasteiger partial charge in [-0.1, -0.05) is 6.92 Å². The highest BCUT2D eigenvalue weighted by atomic mass is 19.2. The van der Waals surface area contributed by atoms with E-state index in [4.69, 9.17) is 0 Å². The lowest BCUT2D eigenvalue weighted by Crippen LogP contribution is -2.50. The number of amides is 2. The van der Waals surface area contributed by atoms with Crippen LogP contribution in [-0.2, 0) is 9.59 Å². The van der Waals surface area contributed by atoms with Crippen LogP contribution in [0.4, 0.5) is 18.9 Å². The summed E-state index contributed by atoms with van der Waals surface area (Å²) in [6.07, 6.45) is 3.59. The molecule has 0 aliphatic heterocycles. The van der Waals surface area contributed by atoms with Crippen molar-refractivity contribution in [1.82, 2.24) is 10.2 Å². The molecule has 0 atom stereocenters. The number of nitrogens with zero attached hydrogens (tertiary/aromatic N) is 2. The van der Waals surface area contributed by atoms with Gasteiger partial charge in [0.15, 0.2) is 17.5 Å². The van der Waals surface area contributed by atoms with Crippen LogP contribution in [0.1, 0.15) is 39.0 Å². The number of carbonyl (C=O) groups excluding carboxylic acids is 2. The molecule has 9 heteroatoms. The predicted octanol–water partition coefficient (Wildman–Crippen LogP) is 2.71. The Morgan fingerprint density at radius 1 is 1.14 bits per heavy atom. The molecule has 0 aromatic heterocycles. The molecule has 1 aromatic rings. The van der Waals surface area contributed by atoms with Crippen LogP contribution in [-0.4, -0.2) is 41.9 Å². The first-order valence-corrected chi connectivity index (χ1v) is 9.18. The van der Waals surface area contributed by atoms with Gasteiger partial charge < -0.3 is 10.6 Å². The Bertz CT molecular complexity index is 773. The standard InChI is InChI=1S/C19H23F3N4O2/c1-2-9-26(11-16(28)25-19(12-23)7-3-4-8-19)10-15(27)24-14-6-5-13(20)17(21)18(14)22/h5-6H,2-4,7-11H2,1H3,(H,24,27)(H,25,28). The number of benzene rings is 1. The number of halogens is 3. The molecule has 1 aliphatic rings. The fraction of sp³-hybridized carbons (Fsp3) is 0.526. The van der Waals surface area contributed by atoms with Crippen molar-refractivity contribution >= 4 is 17.5 Å². The van der Waals surface area contributed by atoms with Crippen molar-refractivity contribution in [1.29, 1.82) is 5.26 Å². The Hall–Kier alpha value is -2.60. The Labute approximate surface area is 161 Å². The number of nitrogens with one attached hydrogen (secondary N) is 2. The van der Waals surface area contributed by atoms with E-state index in [2.05, 4.69) is 16.7 Å². The molecule has 2 amide bonds. The van der Waals surface area contributed by atoms with Crippen LogP contribution in [0.3, 0.4) is 0 Å². The zero-order chi connectivity index (χ0) is 20.7. The van der Waals surface area contributed by atoms with Crippen LogP contribution in [0.15, 0.2) is 12.1 Å². The minimum absolute atomic E-state index is 0.106. The summed E-state index contributed by atoms with van der Waals surface area (Å²) in [7, 11) is 0. The maximum absolute atomic E-state index is 13.7. The minimum atomic E-state index is -1.67. The van der Waals surface area contributed by atoms with Gasteiger partial charge in [-0.2, -0.15) is 5.26 Å². The molecule has 2 rings (SSSR count). The lowest BCUT2D eigenvalue weighted by atomic mass is 10.00. The smallest absolute Gasteiger partial charge is 0.238 e.